The summed E-state index contributed by atoms with van der Waals surface area (Å²) in [7, 11) is 0. The molecule has 0 saturated heterocycles. The lowest BCUT2D eigenvalue weighted by molar-refractivity contribution is -0.116. The number of carbonyl (C=O) groups excluding carboxylic acids is 2. The standard InChI is InChI=1S/C19H21ClN2O2/c1-2-22(17-10-4-3-5-11-17)19(24)15-8-6-9-16(14-15)21-18(23)12-7-13-20/h3-6,8-11,14H,2,7,12-13H2,1H3,(H,21,23). The quantitative estimate of drug-likeness (QED) is 0.761. The molecule has 0 saturated carbocycles. The minimum atomic E-state index is -0.101. The maximum atomic E-state index is 12.8. The van der Waals surface area contributed by atoms with Gasteiger partial charge in [-0.05, 0) is 43.7 Å². The number of benzene rings is 2. The van der Waals surface area contributed by atoms with Crippen LogP contribution in [0, 0.1) is 0 Å². The van der Waals surface area contributed by atoms with Crippen molar-refractivity contribution in [2.75, 3.05) is 22.6 Å². The SMILES string of the molecule is CCN(C(=O)c1cccc(NC(=O)CCCCl)c1)c1ccccc1. The van der Waals surface area contributed by atoms with Crippen LogP contribution in [0.4, 0.5) is 11.4 Å². The molecule has 24 heavy (non-hydrogen) atoms. The normalized spacial score (nSPS) is 10.2. The van der Waals surface area contributed by atoms with E-state index in [9.17, 15) is 9.59 Å². The van der Waals surface area contributed by atoms with Crippen LogP contribution < -0.4 is 10.2 Å². The predicted octanol–water partition coefficient (Wildman–Crippen LogP) is 4.31. The number of anilines is 2. The molecule has 2 amide bonds. The molecule has 0 aromatic heterocycles. The van der Waals surface area contributed by atoms with E-state index in [1.165, 1.54) is 0 Å². The molecule has 4 nitrogen and oxygen atoms in total. The molecule has 2 aromatic carbocycles. The van der Waals surface area contributed by atoms with E-state index in [-0.39, 0.29) is 11.8 Å². The highest BCUT2D eigenvalue weighted by Crippen LogP contribution is 2.19. The summed E-state index contributed by atoms with van der Waals surface area (Å²) in [5.74, 6) is 0.255. The van der Waals surface area contributed by atoms with Gasteiger partial charge in [0.05, 0.1) is 0 Å². The average Bonchev–Trinajstić information content (AvgIpc) is 2.61. The zero-order chi connectivity index (χ0) is 17.4. The number of para-hydroxylation sites is 1. The van der Waals surface area contributed by atoms with Crippen LogP contribution in [0.25, 0.3) is 0 Å². The first-order chi connectivity index (χ1) is 11.7. The van der Waals surface area contributed by atoms with Crippen LogP contribution >= 0.6 is 11.6 Å². The van der Waals surface area contributed by atoms with Crippen molar-refractivity contribution in [1.82, 2.24) is 0 Å². The Morgan fingerprint density at radius 2 is 1.83 bits per heavy atom. The molecule has 126 valence electrons. The van der Waals surface area contributed by atoms with Gasteiger partial charge in [-0.25, -0.2) is 0 Å². The number of carbonyl (C=O) groups is 2. The van der Waals surface area contributed by atoms with Crippen LogP contribution in [0.3, 0.4) is 0 Å². The molecule has 0 aliphatic heterocycles. The molecule has 0 radical (unpaired) electrons. The van der Waals surface area contributed by atoms with E-state index in [1.54, 1.807) is 29.2 Å². The molecule has 0 spiro atoms. The van der Waals surface area contributed by atoms with E-state index in [0.717, 1.165) is 5.69 Å². The number of alkyl halides is 1. The van der Waals surface area contributed by atoms with Crippen LogP contribution in [0.5, 0.6) is 0 Å². The molecule has 1 N–H and O–H groups in total. The lowest BCUT2D eigenvalue weighted by Crippen LogP contribution is -2.30. The van der Waals surface area contributed by atoms with Crippen molar-refractivity contribution in [3.05, 3.63) is 60.2 Å². The van der Waals surface area contributed by atoms with Crippen molar-refractivity contribution in [2.24, 2.45) is 0 Å². The topological polar surface area (TPSA) is 49.4 Å². The summed E-state index contributed by atoms with van der Waals surface area (Å²) < 4.78 is 0. The van der Waals surface area contributed by atoms with Crippen LogP contribution in [0.15, 0.2) is 54.6 Å². The lowest BCUT2D eigenvalue weighted by atomic mass is 10.1. The molecule has 0 unspecified atom stereocenters. The van der Waals surface area contributed by atoms with E-state index in [4.69, 9.17) is 11.6 Å². The number of halogens is 1. The number of hydrogen-bond acceptors (Lipinski definition) is 2. The summed E-state index contributed by atoms with van der Waals surface area (Å²) in [6.07, 6.45) is 0.996. The summed E-state index contributed by atoms with van der Waals surface area (Å²) in [5.41, 5.74) is 2.00. The van der Waals surface area contributed by atoms with Gasteiger partial charge in [0.25, 0.3) is 5.91 Å². The van der Waals surface area contributed by atoms with Crippen LogP contribution in [0.1, 0.15) is 30.1 Å². The number of amides is 2. The maximum absolute atomic E-state index is 12.8. The van der Waals surface area contributed by atoms with Gasteiger partial charge in [-0.15, -0.1) is 11.6 Å². The van der Waals surface area contributed by atoms with Gasteiger partial charge < -0.3 is 10.2 Å². The number of hydrogen-bond donors (Lipinski definition) is 1. The molecular weight excluding hydrogens is 324 g/mol. The Kier molecular flexibility index (Phi) is 6.82. The molecule has 0 bridgehead atoms. The number of nitrogens with zero attached hydrogens (tertiary/aromatic N) is 1. The second kappa shape index (κ2) is 9.08. The van der Waals surface area contributed by atoms with Gasteiger partial charge in [0.1, 0.15) is 0 Å². The monoisotopic (exact) mass is 344 g/mol. The first kappa shape index (κ1) is 18.0. The third-order valence-electron chi connectivity index (χ3n) is 3.56. The zero-order valence-electron chi connectivity index (χ0n) is 13.7. The Hall–Kier alpha value is -2.33. The van der Waals surface area contributed by atoms with Crippen LogP contribution in [-0.4, -0.2) is 24.2 Å². The molecule has 0 aliphatic rings. The van der Waals surface area contributed by atoms with Crippen molar-refractivity contribution in [2.45, 2.75) is 19.8 Å². The fourth-order valence-corrected chi connectivity index (χ4v) is 2.52. The van der Waals surface area contributed by atoms with Gasteiger partial charge in [0, 0.05) is 35.8 Å². The van der Waals surface area contributed by atoms with Crippen molar-refractivity contribution in [3.8, 4) is 0 Å². The van der Waals surface area contributed by atoms with Gasteiger partial charge in [-0.3, -0.25) is 9.59 Å². The summed E-state index contributed by atoms with van der Waals surface area (Å²) in [4.78, 5) is 26.3. The highest BCUT2D eigenvalue weighted by molar-refractivity contribution is 6.18. The molecule has 5 heteroatoms. The molecule has 0 aliphatic carbocycles. The molecule has 0 heterocycles. The smallest absolute Gasteiger partial charge is 0.258 e. The Balaban J connectivity index is 2.14. The summed E-state index contributed by atoms with van der Waals surface area (Å²) in [6.45, 7) is 2.50. The third-order valence-corrected chi connectivity index (χ3v) is 3.83. The van der Waals surface area contributed by atoms with Crippen molar-refractivity contribution in [1.29, 1.82) is 0 Å². The van der Waals surface area contributed by atoms with E-state index < -0.39 is 0 Å². The van der Waals surface area contributed by atoms with Crippen molar-refractivity contribution < 1.29 is 9.59 Å². The molecule has 2 aromatic rings. The Morgan fingerprint density at radius 1 is 1.08 bits per heavy atom. The molecular formula is C19H21ClN2O2. The van der Waals surface area contributed by atoms with Gasteiger partial charge in [-0.1, -0.05) is 24.3 Å². The average molecular weight is 345 g/mol. The maximum Gasteiger partial charge on any atom is 0.258 e. The van der Waals surface area contributed by atoms with Gasteiger partial charge in [-0.2, -0.15) is 0 Å². The molecule has 0 atom stereocenters. The zero-order valence-corrected chi connectivity index (χ0v) is 14.4. The van der Waals surface area contributed by atoms with E-state index in [1.807, 2.05) is 37.3 Å². The van der Waals surface area contributed by atoms with Crippen LogP contribution in [0.2, 0.25) is 0 Å². The van der Waals surface area contributed by atoms with Gasteiger partial charge in [0.15, 0.2) is 0 Å². The fourth-order valence-electron chi connectivity index (χ4n) is 2.39. The largest absolute Gasteiger partial charge is 0.326 e. The first-order valence-corrected chi connectivity index (χ1v) is 8.52. The van der Waals surface area contributed by atoms with Gasteiger partial charge >= 0.3 is 0 Å². The van der Waals surface area contributed by atoms with E-state index >= 15 is 0 Å². The second-order valence-corrected chi connectivity index (χ2v) is 5.68. The predicted molar refractivity (Wildman–Crippen MR) is 98.8 cm³/mol. The van der Waals surface area contributed by atoms with E-state index in [0.29, 0.717) is 36.5 Å². The first-order valence-electron chi connectivity index (χ1n) is 7.98. The Labute approximate surface area is 147 Å². The summed E-state index contributed by atoms with van der Waals surface area (Å²) in [6, 6.07) is 16.5. The minimum Gasteiger partial charge on any atom is -0.326 e. The van der Waals surface area contributed by atoms with Crippen molar-refractivity contribution >= 4 is 34.8 Å². The van der Waals surface area contributed by atoms with E-state index in [2.05, 4.69) is 5.32 Å². The second-order valence-electron chi connectivity index (χ2n) is 5.31. The van der Waals surface area contributed by atoms with Crippen LogP contribution in [-0.2, 0) is 4.79 Å². The third kappa shape index (κ3) is 4.83. The highest BCUT2D eigenvalue weighted by atomic mass is 35.5. The number of rotatable bonds is 7. The molecule has 0 fully saturated rings. The Bertz CT molecular complexity index is 689. The Morgan fingerprint density at radius 3 is 2.50 bits per heavy atom. The summed E-state index contributed by atoms with van der Waals surface area (Å²) >= 11 is 5.59. The molecule has 2 rings (SSSR count). The highest BCUT2D eigenvalue weighted by Gasteiger charge is 2.16. The number of nitrogens with one attached hydrogen (secondary N) is 1. The minimum absolute atomic E-state index is 0.0967. The fraction of sp³-hybridized carbons (Fsp3) is 0.263. The summed E-state index contributed by atoms with van der Waals surface area (Å²) in [5, 5.41) is 2.80. The van der Waals surface area contributed by atoms with Gasteiger partial charge in [0.2, 0.25) is 5.91 Å². The lowest BCUT2D eigenvalue weighted by Gasteiger charge is -2.21. The van der Waals surface area contributed by atoms with Crippen molar-refractivity contribution in [3.63, 3.8) is 0 Å².